The molecule has 146 valence electrons. The molecule has 0 bridgehead atoms. The summed E-state index contributed by atoms with van der Waals surface area (Å²) in [5.41, 5.74) is 2.19. The molecule has 1 aliphatic heterocycles. The molecule has 1 atom stereocenters. The Morgan fingerprint density at radius 3 is 2.79 bits per heavy atom. The first kappa shape index (κ1) is 18.7. The number of aromatic nitrogens is 4. The summed E-state index contributed by atoms with van der Waals surface area (Å²) in [5.74, 6) is 0.548. The lowest BCUT2D eigenvalue weighted by Gasteiger charge is -2.33. The van der Waals surface area contributed by atoms with Gasteiger partial charge < -0.3 is 10.1 Å². The van der Waals surface area contributed by atoms with Gasteiger partial charge in [0.15, 0.2) is 5.82 Å². The Morgan fingerprint density at radius 1 is 1.21 bits per heavy atom. The normalized spacial score (nSPS) is 16.0. The molecule has 0 unspecified atom stereocenters. The molecule has 1 aliphatic rings. The zero-order chi connectivity index (χ0) is 19.2. The van der Waals surface area contributed by atoms with Gasteiger partial charge in [0.05, 0.1) is 19.3 Å². The number of rotatable bonds is 7. The number of nitrogens with zero attached hydrogens (tertiary/aromatic N) is 5. The summed E-state index contributed by atoms with van der Waals surface area (Å²) < 4.78 is 7.10. The van der Waals surface area contributed by atoms with Crippen molar-refractivity contribution in [3.05, 3.63) is 64.1 Å². The van der Waals surface area contributed by atoms with Crippen molar-refractivity contribution in [2.45, 2.75) is 19.1 Å². The van der Waals surface area contributed by atoms with Crippen LogP contribution in [-0.2, 0) is 22.6 Å². The maximum Gasteiger partial charge on any atom is 0.242 e. The summed E-state index contributed by atoms with van der Waals surface area (Å²) in [4.78, 5) is 14.7. The van der Waals surface area contributed by atoms with Crippen molar-refractivity contribution in [2.24, 2.45) is 0 Å². The van der Waals surface area contributed by atoms with Gasteiger partial charge in [0.25, 0.3) is 0 Å². The van der Waals surface area contributed by atoms with Crippen LogP contribution >= 0.6 is 11.3 Å². The van der Waals surface area contributed by atoms with Crippen LogP contribution in [0.2, 0.25) is 0 Å². The van der Waals surface area contributed by atoms with Crippen LogP contribution in [0.1, 0.15) is 23.0 Å². The molecule has 3 heterocycles. The molecule has 1 saturated heterocycles. The minimum Gasteiger partial charge on any atom is -0.379 e. The second kappa shape index (κ2) is 9.05. The fourth-order valence-corrected chi connectivity index (χ4v) is 3.97. The number of hydrogen-bond acceptors (Lipinski definition) is 7. The molecule has 9 heteroatoms. The molecule has 2 aromatic heterocycles. The minimum absolute atomic E-state index is 0.0835. The van der Waals surface area contributed by atoms with Crippen LogP contribution in [0.4, 0.5) is 0 Å². The van der Waals surface area contributed by atoms with Crippen molar-refractivity contribution in [1.29, 1.82) is 0 Å². The van der Waals surface area contributed by atoms with Crippen molar-refractivity contribution in [2.75, 3.05) is 26.3 Å². The lowest BCUT2D eigenvalue weighted by atomic mass is 10.0. The highest BCUT2D eigenvalue weighted by atomic mass is 32.1. The smallest absolute Gasteiger partial charge is 0.242 e. The van der Waals surface area contributed by atoms with Crippen molar-refractivity contribution in [3.8, 4) is 0 Å². The highest BCUT2D eigenvalue weighted by Crippen LogP contribution is 2.27. The Morgan fingerprint density at radius 2 is 2.04 bits per heavy atom. The first-order chi connectivity index (χ1) is 13.8. The zero-order valence-electron chi connectivity index (χ0n) is 15.4. The van der Waals surface area contributed by atoms with Gasteiger partial charge >= 0.3 is 0 Å². The van der Waals surface area contributed by atoms with Gasteiger partial charge in [-0.1, -0.05) is 30.3 Å². The number of hydrogen-bond donors (Lipinski definition) is 1. The van der Waals surface area contributed by atoms with Crippen molar-refractivity contribution in [3.63, 3.8) is 0 Å². The molecule has 0 saturated carbocycles. The lowest BCUT2D eigenvalue weighted by molar-refractivity contribution is -0.122. The van der Waals surface area contributed by atoms with Crippen molar-refractivity contribution in [1.82, 2.24) is 30.4 Å². The monoisotopic (exact) mass is 398 g/mol. The number of amides is 1. The van der Waals surface area contributed by atoms with E-state index in [0.717, 1.165) is 24.2 Å². The largest absolute Gasteiger partial charge is 0.379 e. The van der Waals surface area contributed by atoms with Crippen molar-refractivity contribution < 1.29 is 9.53 Å². The molecule has 1 amide bonds. The number of tetrazole rings is 1. The van der Waals surface area contributed by atoms with Gasteiger partial charge in [0, 0.05) is 19.6 Å². The number of carbonyl (C=O) groups excluding carboxylic acids is 1. The number of nitrogens with one attached hydrogen (secondary N) is 1. The topological polar surface area (TPSA) is 85.2 Å². The van der Waals surface area contributed by atoms with Gasteiger partial charge in [-0.25, -0.2) is 4.68 Å². The van der Waals surface area contributed by atoms with E-state index in [1.807, 2.05) is 35.0 Å². The fraction of sp³-hybridized carbons (Fsp3) is 0.368. The Kier molecular flexibility index (Phi) is 6.05. The molecule has 4 rings (SSSR count). The lowest BCUT2D eigenvalue weighted by Crippen LogP contribution is -2.41. The molecule has 0 radical (unpaired) electrons. The molecular formula is C19H22N6O2S. The van der Waals surface area contributed by atoms with Gasteiger partial charge in [0.2, 0.25) is 5.91 Å². The Hall–Kier alpha value is -2.62. The van der Waals surface area contributed by atoms with Crippen molar-refractivity contribution >= 4 is 17.2 Å². The van der Waals surface area contributed by atoms with Gasteiger partial charge in [-0.15, -0.1) is 5.10 Å². The maximum absolute atomic E-state index is 12.4. The minimum atomic E-state index is -0.121. The third kappa shape index (κ3) is 4.44. The standard InChI is InChI=1S/C19H22N6O2S/c26-17(20-12-15-6-11-28-14-15)13-25-19(21-22-23-25)18(16-4-2-1-3-5-16)24-7-9-27-10-8-24/h1-6,11,14,18H,7-10,12-13H2,(H,20,26)/t18-/m1/s1. The summed E-state index contributed by atoms with van der Waals surface area (Å²) in [7, 11) is 0. The number of morpholine rings is 1. The SMILES string of the molecule is O=C(Cn1nnnc1[C@@H](c1ccccc1)N1CCOCC1)NCc1ccsc1. The highest BCUT2D eigenvalue weighted by Gasteiger charge is 2.29. The molecule has 3 aromatic rings. The quantitative estimate of drug-likeness (QED) is 0.649. The van der Waals surface area contributed by atoms with E-state index >= 15 is 0 Å². The number of ether oxygens (including phenoxy) is 1. The molecule has 28 heavy (non-hydrogen) atoms. The van der Waals surface area contributed by atoms with Gasteiger partial charge in [-0.3, -0.25) is 9.69 Å². The zero-order valence-corrected chi connectivity index (χ0v) is 16.2. The van der Waals surface area contributed by atoms with E-state index in [2.05, 4.69) is 37.9 Å². The van der Waals surface area contributed by atoms with Crippen LogP contribution < -0.4 is 5.32 Å². The predicted molar refractivity (Wildman–Crippen MR) is 105 cm³/mol. The molecule has 1 aromatic carbocycles. The molecule has 0 spiro atoms. The molecule has 8 nitrogen and oxygen atoms in total. The third-order valence-corrected chi connectivity index (χ3v) is 5.43. The third-order valence-electron chi connectivity index (χ3n) is 4.69. The van der Waals surface area contributed by atoms with E-state index in [0.29, 0.717) is 25.6 Å². The van der Waals surface area contributed by atoms with E-state index in [-0.39, 0.29) is 18.5 Å². The van der Waals surface area contributed by atoms with Gasteiger partial charge in [-0.2, -0.15) is 11.3 Å². The van der Waals surface area contributed by atoms with E-state index < -0.39 is 0 Å². The van der Waals surface area contributed by atoms with E-state index in [1.165, 1.54) is 0 Å². The fourth-order valence-electron chi connectivity index (χ4n) is 3.30. The van der Waals surface area contributed by atoms with Crippen LogP contribution in [0.15, 0.2) is 47.2 Å². The van der Waals surface area contributed by atoms with Gasteiger partial charge in [0.1, 0.15) is 6.54 Å². The molecule has 0 aliphatic carbocycles. The van der Waals surface area contributed by atoms with Crippen LogP contribution in [0, 0.1) is 0 Å². The Labute approximate surface area is 167 Å². The Balaban J connectivity index is 1.52. The molecule has 1 N–H and O–H groups in total. The second-order valence-corrected chi connectivity index (χ2v) is 7.34. The van der Waals surface area contributed by atoms with E-state index in [1.54, 1.807) is 16.0 Å². The van der Waals surface area contributed by atoms with Crippen LogP contribution in [0.3, 0.4) is 0 Å². The first-order valence-corrected chi connectivity index (χ1v) is 10.2. The van der Waals surface area contributed by atoms with E-state index in [9.17, 15) is 4.79 Å². The summed E-state index contributed by atoms with van der Waals surface area (Å²) in [6.45, 7) is 3.51. The summed E-state index contributed by atoms with van der Waals surface area (Å²) >= 11 is 1.61. The van der Waals surface area contributed by atoms with Crippen LogP contribution in [-0.4, -0.2) is 57.3 Å². The summed E-state index contributed by atoms with van der Waals surface area (Å²) in [6, 6.07) is 12.0. The first-order valence-electron chi connectivity index (χ1n) is 9.22. The van der Waals surface area contributed by atoms with Gasteiger partial charge in [-0.05, 0) is 38.4 Å². The maximum atomic E-state index is 12.4. The summed E-state index contributed by atoms with van der Waals surface area (Å²) in [6.07, 6.45) is 0. The summed E-state index contributed by atoms with van der Waals surface area (Å²) in [5, 5.41) is 19.1. The second-order valence-electron chi connectivity index (χ2n) is 6.56. The average Bonchev–Trinajstić information content (AvgIpc) is 3.41. The van der Waals surface area contributed by atoms with Crippen LogP contribution in [0.5, 0.6) is 0 Å². The number of thiophene rings is 1. The van der Waals surface area contributed by atoms with E-state index in [4.69, 9.17) is 4.74 Å². The molecule has 1 fully saturated rings. The Bertz CT molecular complexity index is 877. The highest BCUT2D eigenvalue weighted by molar-refractivity contribution is 7.07. The number of carbonyl (C=O) groups is 1. The predicted octanol–water partition coefficient (Wildman–Crippen LogP) is 1.47. The average molecular weight is 398 g/mol. The molecular weight excluding hydrogens is 376 g/mol. The number of benzene rings is 1. The van der Waals surface area contributed by atoms with Crippen LogP contribution in [0.25, 0.3) is 0 Å².